The van der Waals surface area contributed by atoms with Crippen molar-refractivity contribution in [3.63, 3.8) is 0 Å². The molecule has 0 atom stereocenters. The van der Waals surface area contributed by atoms with Gasteiger partial charge in [-0.05, 0) is 0 Å². The van der Waals surface area contributed by atoms with Crippen molar-refractivity contribution in [3.8, 4) is 0 Å². The minimum atomic E-state index is -0.250. The molecule has 0 heterocycles. The summed E-state index contributed by atoms with van der Waals surface area (Å²) >= 11 is 0. The number of hydrogen-bond donors (Lipinski definition) is 3. The summed E-state index contributed by atoms with van der Waals surface area (Å²) in [4.78, 5) is 8.36. The maximum absolute atomic E-state index is 8.36. The Labute approximate surface area is 113 Å². The van der Waals surface area contributed by atoms with Gasteiger partial charge in [-0.2, -0.15) is 0 Å². The van der Waals surface area contributed by atoms with Crippen LogP contribution in [0.1, 0.15) is 0 Å². The van der Waals surface area contributed by atoms with Crippen LogP contribution >= 0.6 is 0 Å². The molecule has 110 valence electrons. The van der Waals surface area contributed by atoms with E-state index in [1.807, 2.05) is 36.4 Å². The highest BCUT2D eigenvalue weighted by Gasteiger charge is 1.86. The Balaban J connectivity index is 0. The van der Waals surface area contributed by atoms with Gasteiger partial charge in [0.1, 0.15) is 0 Å². The maximum atomic E-state index is 8.36. The van der Waals surface area contributed by atoms with Gasteiger partial charge in [0, 0.05) is 0 Å². The fourth-order valence-corrected chi connectivity index (χ4v) is 0.836. The van der Waals surface area contributed by atoms with E-state index in [-0.39, 0.29) is 19.7 Å². The number of carboxylic acid groups (broad SMARTS) is 1. The summed E-state index contributed by atoms with van der Waals surface area (Å²) in [6.45, 7) is 1.48. The lowest BCUT2D eigenvalue weighted by molar-refractivity contribution is -0.122. The van der Waals surface area contributed by atoms with Gasteiger partial charge >= 0.3 is 0 Å². The second-order valence-corrected chi connectivity index (χ2v) is 2.93. The van der Waals surface area contributed by atoms with Crippen molar-refractivity contribution < 1.29 is 29.6 Å². The Bertz CT molecular complexity index is 207. The van der Waals surface area contributed by atoms with Gasteiger partial charge in [0.15, 0.2) is 0 Å². The largest absolute Gasteiger partial charge is 0.483 e. The molecule has 6 nitrogen and oxygen atoms in total. The summed E-state index contributed by atoms with van der Waals surface area (Å²) < 4.78 is 9.75. The number of rotatable bonds is 7. The van der Waals surface area contributed by atoms with Crippen molar-refractivity contribution in [2.75, 3.05) is 39.6 Å². The van der Waals surface area contributed by atoms with Crippen molar-refractivity contribution in [3.05, 3.63) is 36.4 Å². The fraction of sp³-hybridized carbons (Fsp3) is 0.462. The van der Waals surface area contributed by atoms with Crippen LogP contribution in [-0.2, 0) is 14.3 Å². The van der Waals surface area contributed by atoms with E-state index in [9.17, 15) is 0 Å². The molecule has 6 heteroatoms. The molecule has 0 aliphatic rings. The van der Waals surface area contributed by atoms with Crippen LogP contribution in [0.3, 0.4) is 0 Å². The number of carbonyl (C=O) groups is 1. The van der Waals surface area contributed by atoms with E-state index in [1.165, 1.54) is 0 Å². The first-order valence-corrected chi connectivity index (χ1v) is 5.78. The average molecular weight is 274 g/mol. The van der Waals surface area contributed by atoms with Crippen molar-refractivity contribution in [2.24, 2.45) is 0 Å². The molecular formula is C13H22O6. The van der Waals surface area contributed by atoms with Crippen LogP contribution in [0.25, 0.3) is 0 Å². The normalized spacial score (nSPS) is 8.53. The predicted octanol–water partition coefficient (Wildman–Crippen LogP) is 0.392. The molecule has 0 radical (unpaired) electrons. The lowest BCUT2D eigenvalue weighted by atomic mass is 10.4. The lowest BCUT2D eigenvalue weighted by Crippen LogP contribution is -2.09. The van der Waals surface area contributed by atoms with E-state index in [1.54, 1.807) is 0 Å². The van der Waals surface area contributed by atoms with Crippen molar-refractivity contribution in [2.45, 2.75) is 0 Å². The standard InChI is InChI=1S/C6H14O4.C6H6.CH2O2/c7-1-3-9-5-6-10-4-2-8;1-2-4-6-5-3-1;2-1-3/h7-8H,1-6H2;1-6H;1H,(H,2,3). The Morgan fingerprint density at radius 1 is 0.737 bits per heavy atom. The molecule has 0 amide bonds. The zero-order chi connectivity index (χ0) is 14.6. The first-order valence-electron chi connectivity index (χ1n) is 5.78. The van der Waals surface area contributed by atoms with Crippen LogP contribution in [0, 0.1) is 0 Å². The number of benzene rings is 1. The van der Waals surface area contributed by atoms with Crippen LogP contribution in [-0.4, -0.2) is 61.4 Å². The highest BCUT2D eigenvalue weighted by Crippen LogP contribution is 1.80. The molecule has 1 aromatic carbocycles. The summed E-state index contributed by atoms with van der Waals surface area (Å²) in [5.41, 5.74) is 0. The van der Waals surface area contributed by atoms with Gasteiger partial charge in [-0.15, -0.1) is 0 Å². The smallest absolute Gasteiger partial charge is 0.290 e. The summed E-state index contributed by atoms with van der Waals surface area (Å²) in [7, 11) is 0. The second kappa shape index (κ2) is 21.8. The quantitative estimate of drug-likeness (QED) is 0.492. The molecule has 1 aromatic rings. The summed E-state index contributed by atoms with van der Waals surface area (Å²) in [6, 6.07) is 12.0. The Morgan fingerprint density at radius 2 is 1.00 bits per heavy atom. The number of aliphatic hydroxyl groups is 2. The molecule has 0 spiro atoms. The first kappa shape index (κ1) is 19.9. The zero-order valence-corrected chi connectivity index (χ0v) is 10.9. The van der Waals surface area contributed by atoms with Crippen molar-refractivity contribution >= 4 is 6.47 Å². The van der Waals surface area contributed by atoms with E-state index in [0.717, 1.165) is 0 Å². The van der Waals surface area contributed by atoms with Gasteiger partial charge in [-0.25, -0.2) is 0 Å². The van der Waals surface area contributed by atoms with Gasteiger partial charge in [-0.3, -0.25) is 4.79 Å². The van der Waals surface area contributed by atoms with Crippen molar-refractivity contribution in [1.29, 1.82) is 0 Å². The minimum absolute atomic E-state index is 0.0417. The van der Waals surface area contributed by atoms with Crippen LogP contribution in [0.5, 0.6) is 0 Å². The monoisotopic (exact) mass is 274 g/mol. The maximum Gasteiger partial charge on any atom is 0.290 e. The highest BCUT2D eigenvalue weighted by atomic mass is 16.5. The molecule has 0 aliphatic heterocycles. The summed E-state index contributed by atoms with van der Waals surface area (Å²) in [5.74, 6) is 0. The molecule has 0 bridgehead atoms. The number of hydrogen-bond acceptors (Lipinski definition) is 5. The molecule has 3 N–H and O–H groups in total. The van der Waals surface area contributed by atoms with E-state index in [2.05, 4.69) is 0 Å². The number of ether oxygens (including phenoxy) is 2. The van der Waals surface area contributed by atoms with E-state index in [0.29, 0.717) is 26.4 Å². The Morgan fingerprint density at radius 3 is 1.21 bits per heavy atom. The van der Waals surface area contributed by atoms with E-state index in [4.69, 9.17) is 29.6 Å². The van der Waals surface area contributed by atoms with E-state index < -0.39 is 0 Å². The second-order valence-electron chi connectivity index (χ2n) is 2.93. The SMILES string of the molecule is O=CO.OCCOCCOCCO.c1ccccc1. The summed E-state index contributed by atoms with van der Waals surface area (Å²) in [5, 5.41) is 23.4. The van der Waals surface area contributed by atoms with Gasteiger partial charge in [-0.1, -0.05) is 36.4 Å². The third kappa shape index (κ3) is 26.3. The molecular weight excluding hydrogens is 252 g/mol. The third-order valence-electron chi connectivity index (χ3n) is 1.51. The molecule has 0 unspecified atom stereocenters. The van der Waals surface area contributed by atoms with Crippen LogP contribution in [0.2, 0.25) is 0 Å². The lowest BCUT2D eigenvalue weighted by Gasteiger charge is -2.01. The predicted molar refractivity (Wildman–Crippen MR) is 70.9 cm³/mol. The zero-order valence-electron chi connectivity index (χ0n) is 10.9. The van der Waals surface area contributed by atoms with Crippen LogP contribution in [0.15, 0.2) is 36.4 Å². The molecule has 0 saturated carbocycles. The molecule has 0 fully saturated rings. The Hall–Kier alpha value is -1.47. The van der Waals surface area contributed by atoms with Crippen LogP contribution in [0.4, 0.5) is 0 Å². The minimum Gasteiger partial charge on any atom is -0.483 e. The molecule has 19 heavy (non-hydrogen) atoms. The number of aliphatic hydroxyl groups excluding tert-OH is 2. The van der Waals surface area contributed by atoms with Gasteiger partial charge in [0.05, 0.1) is 39.6 Å². The van der Waals surface area contributed by atoms with Gasteiger partial charge in [0.2, 0.25) is 0 Å². The molecule has 0 saturated heterocycles. The first-order chi connectivity index (χ1) is 9.33. The topological polar surface area (TPSA) is 96.2 Å². The summed E-state index contributed by atoms with van der Waals surface area (Å²) in [6.07, 6.45) is 0. The third-order valence-corrected chi connectivity index (χ3v) is 1.51. The van der Waals surface area contributed by atoms with Gasteiger partial charge < -0.3 is 24.8 Å². The Kier molecular flexibility index (Phi) is 22.8. The van der Waals surface area contributed by atoms with Crippen molar-refractivity contribution in [1.82, 2.24) is 0 Å². The van der Waals surface area contributed by atoms with Gasteiger partial charge in [0.25, 0.3) is 6.47 Å². The highest BCUT2D eigenvalue weighted by molar-refractivity contribution is 5.32. The fourth-order valence-electron chi connectivity index (χ4n) is 0.836. The molecule has 0 aliphatic carbocycles. The molecule has 0 aromatic heterocycles. The van der Waals surface area contributed by atoms with Crippen LogP contribution < -0.4 is 0 Å². The average Bonchev–Trinajstić information content (AvgIpc) is 2.46. The molecule has 1 rings (SSSR count). The van der Waals surface area contributed by atoms with E-state index >= 15 is 0 Å².